The molecule has 2 saturated carbocycles. The molecule has 4 rings (SSSR count). The maximum absolute atomic E-state index is 12.9. The molecule has 6 heteroatoms. The van der Waals surface area contributed by atoms with Crippen LogP contribution in [0.3, 0.4) is 0 Å². The Labute approximate surface area is 149 Å². The molecular formula is C19H26N2O3S. The lowest BCUT2D eigenvalue weighted by atomic mass is 9.95. The molecule has 0 radical (unpaired) electrons. The number of nitrogens with zero attached hydrogens (tertiary/aromatic N) is 1. The van der Waals surface area contributed by atoms with Crippen LogP contribution in [0.1, 0.15) is 54.4 Å². The van der Waals surface area contributed by atoms with E-state index in [0.717, 1.165) is 25.2 Å². The van der Waals surface area contributed by atoms with Crippen molar-refractivity contribution in [1.82, 2.24) is 9.62 Å². The fourth-order valence-corrected chi connectivity index (χ4v) is 6.53. The van der Waals surface area contributed by atoms with Gasteiger partial charge in [-0.15, -0.1) is 0 Å². The van der Waals surface area contributed by atoms with Crippen molar-refractivity contribution in [2.24, 2.45) is 11.8 Å². The smallest absolute Gasteiger partial charge is 0.251 e. The molecule has 0 unspecified atom stereocenters. The van der Waals surface area contributed by atoms with Crippen molar-refractivity contribution in [3.63, 3.8) is 0 Å². The van der Waals surface area contributed by atoms with Gasteiger partial charge < -0.3 is 5.32 Å². The predicted molar refractivity (Wildman–Crippen MR) is 95.9 cm³/mol. The van der Waals surface area contributed by atoms with Crippen molar-refractivity contribution in [2.45, 2.75) is 56.4 Å². The van der Waals surface area contributed by atoms with Crippen LogP contribution in [-0.2, 0) is 10.0 Å². The maximum Gasteiger partial charge on any atom is 0.251 e. The monoisotopic (exact) mass is 362 g/mol. The number of amides is 1. The summed E-state index contributed by atoms with van der Waals surface area (Å²) in [5.41, 5.74) is 1.15. The van der Waals surface area contributed by atoms with Gasteiger partial charge in [-0.05, 0) is 68.6 Å². The van der Waals surface area contributed by atoms with E-state index in [1.54, 1.807) is 25.1 Å². The Morgan fingerprint density at radius 3 is 2.56 bits per heavy atom. The van der Waals surface area contributed by atoms with Crippen molar-refractivity contribution in [3.05, 3.63) is 29.3 Å². The largest absolute Gasteiger partial charge is 0.349 e. The summed E-state index contributed by atoms with van der Waals surface area (Å²) >= 11 is 0. The van der Waals surface area contributed by atoms with E-state index >= 15 is 0 Å². The highest BCUT2D eigenvalue weighted by atomic mass is 32.2. The number of rotatable bonds is 4. The van der Waals surface area contributed by atoms with Crippen molar-refractivity contribution in [1.29, 1.82) is 0 Å². The summed E-state index contributed by atoms with van der Waals surface area (Å²) in [5.74, 6) is 1.22. The Hall–Kier alpha value is -1.40. The first-order valence-electron chi connectivity index (χ1n) is 9.37. The third-order valence-corrected chi connectivity index (χ3v) is 8.23. The second-order valence-corrected chi connectivity index (χ2v) is 9.75. The normalized spacial score (nSPS) is 29.2. The summed E-state index contributed by atoms with van der Waals surface area (Å²) in [6.45, 7) is 2.94. The lowest BCUT2D eigenvalue weighted by molar-refractivity contribution is 0.0922. The first-order valence-corrected chi connectivity index (χ1v) is 10.8. The van der Waals surface area contributed by atoms with Gasteiger partial charge in [0.25, 0.3) is 5.91 Å². The number of hydrogen-bond acceptors (Lipinski definition) is 3. The van der Waals surface area contributed by atoms with Gasteiger partial charge in [0.05, 0.1) is 4.90 Å². The molecular weight excluding hydrogens is 336 g/mol. The highest BCUT2D eigenvalue weighted by Gasteiger charge is 2.40. The molecule has 2 bridgehead atoms. The van der Waals surface area contributed by atoms with Gasteiger partial charge in [0.15, 0.2) is 0 Å². The van der Waals surface area contributed by atoms with E-state index in [2.05, 4.69) is 5.32 Å². The average Bonchev–Trinajstić information content (AvgIpc) is 3.33. The second-order valence-electron chi connectivity index (χ2n) is 7.85. The first kappa shape index (κ1) is 17.0. The fourth-order valence-electron chi connectivity index (χ4n) is 4.76. The Morgan fingerprint density at radius 2 is 1.92 bits per heavy atom. The van der Waals surface area contributed by atoms with Gasteiger partial charge in [0.2, 0.25) is 10.0 Å². The minimum atomic E-state index is -3.51. The summed E-state index contributed by atoms with van der Waals surface area (Å²) in [4.78, 5) is 12.9. The summed E-state index contributed by atoms with van der Waals surface area (Å²) in [6, 6.07) is 5.30. The average molecular weight is 362 g/mol. The molecule has 0 aromatic heterocycles. The first-order chi connectivity index (χ1) is 11.9. The molecule has 5 nitrogen and oxygen atoms in total. The Balaban J connectivity index is 1.55. The maximum atomic E-state index is 12.9. The Morgan fingerprint density at radius 1 is 1.16 bits per heavy atom. The van der Waals surface area contributed by atoms with E-state index < -0.39 is 10.0 Å². The van der Waals surface area contributed by atoms with Crippen LogP contribution < -0.4 is 5.32 Å². The number of hydrogen-bond donors (Lipinski definition) is 1. The molecule has 1 N–H and O–H groups in total. The van der Waals surface area contributed by atoms with Crippen LogP contribution in [0, 0.1) is 18.8 Å². The van der Waals surface area contributed by atoms with Crippen LogP contribution in [0.5, 0.6) is 0 Å². The Bertz CT molecular complexity index is 784. The van der Waals surface area contributed by atoms with Crippen LogP contribution in [0.15, 0.2) is 23.1 Å². The SMILES string of the molecule is Cc1ccc(C(=O)N[C@H]2C[C@H]3CC[C@@H]2C3)cc1S(=O)(=O)N1CCCC1. The number of carbonyl (C=O) groups excluding carboxylic acids is 1. The van der Waals surface area contributed by atoms with Crippen molar-refractivity contribution in [3.8, 4) is 0 Å². The van der Waals surface area contributed by atoms with E-state index in [-0.39, 0.29) is 16.8 Å². The molecule has 3 atom stereocenters. The second kappa shape index (κ2) is 6.40. The number of benzene rings is 1. The van der Waals surface area contributed by atoms with Gasteiger partial charge >= 0.3 is 0 Å². The van der Waals surface area contributed by atoms with Crippen LogP contribution in [0.4, 0.5) is 0 Å². The zero-order valence-corrected chi connectivity index (χ0v) is 15.5. The molecule has 1 saturated heterocycles. The molecule has 1 heterocycles. The molecule has 3 fully saturated rings. The Kier molecular flexibility index (Phi) is 4.36. The number of carbonyl (C=O) groups is 1. The highest BCUT2D eigenvalue weighted by Crippen LogP contribution is 2.44. The third kappa shape index (κ3) is 3.10. The van der Waals surface area contributed by atoms with Gasteiger partial charge in [0.1, 0.15) is 0 Å². The van der Waals surface area contributed by atoms with Gasteiger partial charge in [-0.1, -0.05) is 12.5 Å². The zero-order chi connectivity index (χ0) is 17.6. The number of aryl methyl sites for hydroxylation is 1. The molecule has 2 aliphatic carbocycles. The molecule has 136 valence electrons. The molecule has 1 aromatic carbocycles. The number of nitrogens with one attached hydrogen (secondary N) is 1. The predicted octanol–water partition coefficient (Wildman–Crippen LogP) is 2.70. The van der Waals surface area contributed by atoms with Crippen LogP contribution in [0.2, 0.25) is 0 Å². The third-order valence-electron chi connectivity index (χ3n) is 6.19. The van der Waals surface area contributed by atoms with Gasteiger partial charge in [-0.25, -0.2) is 8.42 Å². The van der Waals surface area contributed by atoms with E-state index in [1.165, 1.54) is 23.6 Å². The van der Waals surface area contributed by atoms with Crippen LogP contribution >= 0.6 is 0 Å². The fraction of sp³-hybridized carbons (Fsp3) is 0.632. The molecule has 1 amide bonds. The minimum absolute atomic E-state index is 0.143. The van der Waals surface area contributed by atoms with E-state index in [1.807, 2.05) is 0 Å². The molecule has 3 aliphatic rings. The van der Waals surface area contributed by atoms with E-state index in [9.17, 15) is 13.2 Å². The van der Waals surface area contributed by atoms with Gasteiger partial charge in [0, 0.05) is 24.7 Å². The van der Waals surface area contributed by atoms with Crippen LogP contribution in [0.25, 0.3) is 0 Å². The molecule has 0 spiro atoms. The van der Waals surface area contributed by atoms with E-state index in [4.69, 9.17) is 0 Å². The topological polar surface area (TPSA) is 66.5 Å². The van der Waals surface area contributed by atoms with Crippen molar-refractivity contribution < 1.29 is 13.2 Å². The van der Waals surface area contributed by atoms with Crippen LogP contribution in [-0.4, -0.2) is 37.8 Å². The lowest BCUT2D eigenvalue weighted by Crippen LogP contribution is -2.38. The molecule has 25 heavy (non-hydrogen) atoms. The number of sulfonamides is 1. The quantitative estimate of drug-likeness (QED) is 0.895. The highest BCUT2D eigenvalue weighted by molar-refractivity contribution is 7.89. The molecule has 1 aromatic rings. The van der Waals surface area contributed by atoms with E-state index in [0.29, 0.717) is 30.1 Å². The van der Waals surface area contributed by atoms with Gasteiger partial charge in [-0.2, -0.15) is 4.31 Å². The summed E-state index contributed by atoms with van der Waals surface area (Å²) in [6.07, 6.45) is 6.61. The van der Waals surface area contributed by atoms with Crippen molar-refractivity contribution in [2.75, 3.05) is 13.1 Å². The van der Waals surface area contributed by atoms with Gasteiger partial charge in [-0.3, -0.25) is 4.79 Å². The summed E-state index contributed by atoms with van der Waals surface area (Å²) < 4.78 is 27.3. The standard InChI is InChI=1S/C19H26N2O3S/c1-13-4-6-16(12-18(13)25(23,24)21-8-2-3-9-21)19(22)20-17-11-14-5-7-15(17)10-14/h4,6,12,14-15,17H,2-3,5,7-11H2,1H3,(H,20,22)/t14-,15+,17-/m0/s1. The molecule has 1 aliphatic heterocycles. The zero-order valence-electron chi connectivity index (χ0n) is 14.7. The summed E-state index contributed by atoms with van der Waals surface area (Å²) in [5, 5.41) is 3.15. The van der Waals surface area contributed by atoms with Crippen molar-refractivity contribution >= 4 is 15.9 Å². The summed E-state index contributed by atoms with van der Waals surface area (Å²) in [7, 11) is -3.51. The minimum Gasteiger partial charge on any atom is -0.349 e. The lowest BCUT2D eigenvalue weighted by Gasteiger charge is -2.23. The number of fused-ring (bicyclic) bond motifs is 2.